The molecule has 0 spiro atoms. The number of nitrogens with zero attached hydrogens (tertiary/aromatic N) is 8. The normalized spacial score (nSPS) is 17.8. The number of methoxy groups -OCH3 is 2. The van der Waals surface area contributed by atoms with Gasteiger partial charge in [0.05, 0.1) is 58.8 Å². The van der Waals surface area contributed by atoms with Crippen molar-refractivity contribution in [2.75, 3.05) is 41.4 Å². The summed E-state index contributed by atoms with van der Waals surface area (Å²) < 4.78 is 13.9. The Morgan fingerprint density at radius 2 is 1.23 bits per heavy atom. The van der Waals surface area contributed by atoms with Crippen molar-refractivity contribution in [3.05, 3.63) is 104 Å². The summed E-state index contributed by atoms with van der Waals surface area (Å²) in [5.41, 5.74) is 1.89. The van der Waals surface area contributed by atoms with Crippen LogP contribution in [0.2, 0.25) is 10.3 Å². The van der Waals surface area contributed by atoms with Crippen molar-refractivity contribution < 1.29 is 38.9 Å². The summed E-state index contributed by atoms with van der Waals surface area (Å²) in [4.78, 5) is 59.2. The predicted octanol–water partition coefficient (Wildman–Crippen LogP) is 5.77. The number of carbonyl (C=O) groups is 4. The Hall–Kier alpha value is -6.34. The highest BCUT2D eigenvalue weighted by Gasteiger charge is 2.43. The van der Waals surface area contributed by atoms with E-state index in [1.54, 1.807) is 53.8 Å². The number of hydrogen-bond acceptors (Lipinski definition) is 12. The highest BCUT2D eigenvalue weighted by atomic mass is 79.9. The van der Waals surface area contributed by atoms with E-state index in [-0.39, 0.29) is 28.9 Å². The molecule has 19 heteroatoms. The van der Waals surface area contributed by atoms with E-state index in [0.29, 0.717) is 76.4 Å². The minimum absolute atomic E-state index is 0.147. The summed E-state index contributed by atoms with van der Waals surface area (Å²) in [5.74, 6) is 5.84. The smallest absolute Gasteiger partial charge is 0.359 e. The van der Waals surface area contributed by atoms with Gasteiger partial charge in [-0.1, -0.05) is 82.9 Å². The molecule has 2 N–H and O–H groups in total. The lowest BCUT2D eigenvalue weighted by atomic mass is 10.0. The number of amides is 2. The largest absolute Gasteiger partial charge is 0.464 e. The Morgan fingerprint density at radius 1 is 0.769 bits per heavy atom. The van der Waals surface area contributed by atoms with E-state index in [2.05, 4.69) is 53.9 Å². The minimum Gasteiger partial charge on any atom is -0.464 e. The fourth-order valence-corrected chi connectivity index (χ4v) is 8.00. The summed E-state index contributed by atoms with van der Waals surface area (Å²) in [6.07, 6.45) is 6.76. The zero-order valence-electron chi connectivity index (χ0n) is 36.1. The van der Waals surface area contributed by atoms with Gasteiger partial charge in [-0.2, -0.15) is 10.2 Å². The molecule has 8 rings (SSSR count). The third-order valence-electron chi connectivity index (χ3n) is 10.7. The van der Waals surface area contributed by atoms with Crippen LogP contribution >= 0.6 is 39.1 Å². The topological polar surface area (TPSA) is 195 Å². The maximum Gasteiger partial charge on any atom is 0.359 e. The van der Waals surface area contributed by atoms with Gasteiger partial charge in [-0.15, -0.1) is 6.42 Å². The van der Waals surface area contributed by atoms with Gasteiger partial charge >= 0.3 is 11.9 Å². The molecule has 0 aliphatic carbocycles. The van der Waals surface area contributed by atoms with Crippen LogP contribution in [0.4, 0.5) is 0 Å². The van der Waals surface area contributed by atoms with Crippen molar-refractivity contribution in [1.82, 2.24) is 39.3 Å². The molecule has 2 aromatic carbocycles. The van der Waals surface area contributed by atoms with Crippen LogP contribution in [0, 0.1) is 24.2 Å². The van der Waals surface area contributed by atoms with Crippen molar-refractivity contribution in [2.45, 2.75) is 50.7 Å². The molecule has 2 fully saturated rings. The molecule has 0 bridgehead atoms. The lowest BCUT2D eigenvalue weighted by Crippen LogP contribution is -2.37. The van der Waals surface area contributed by atoms with Crippen LogP contribution < -0.4 is 0 Å². The van der Waals surface area contributed by atoms with Crippen molar-refractivity contribution in [1.29, 1.82) is 0 Å². The number of esters is 2. The van der Waals surface area contributed by atoms with E-state index in [1.165, 1.54) is 24.0 Å². The maximum absolute atomic E-state index is 12.4. The average molecular weight is 987 g/mol. The quantitative estimate of drug-likeness (QED) is 0.117. The van der Waals surface area contributed by atoms with Gasteiger partial charge in [0.2, 0.25) is 11.2 Å². The number of halogens is 3. The number of aliphatic hydroxyl groups is 2. The molecule has 2 aliphatic heterocycles. The van der Waals surface area contributed by atoms with E-state index < -0.39 is 29.0 Å². The van der Waals surface area contributed by atoms with Gasteiger partial charge in [0.25, 0.3) is 11.8 Å². The molecule has 2 aliphatic rings. The van der Waals surface area contributed by atoms with Crippen LogP contribution in [0.25, 0.3) is 33.2 Å². The number of terminal acetylenes is 1. The third kappa shape index (κ3) is 9.85. The first kappa shape index (κ1) is 48.1. The first-order valence-corrected chi connectivity index (χ1v) is 21.6. The fourth-order valence-electron chi connectivity index (χ4n) is 7.20. The molecule has 16 nitrogen and oxygen atoms in total. The van der Waals surface area contributed by atoms with Crippen molar-refractivity contribution >= 4 is 84.7 Å². The molecule has 2 saturated heterocycles. The van der Waals surface area contributed by atoms with Crippen LogP contribution in [0.15, 0.2) is 65.1 Å². The highest BCUT2D eigenvalue weighted by molar-refractivity contribution is 9.10. The van der Waals surface area contributed by atoms with Gasteiger partial charge in [0.1, 0.15) is 10.3 Å². The summed E-state index contributed by atoms with van der Waals surface area (Å²) in [6, 6.07) is 18.1. The Kier molecular flexibility index (Phi) is 14.7. The van der Waals surface area contributed by atoms with E-state index in [1.807, 2.05) is 44.2 Å². The van der Waals surface area contributed by atoms with E-state index >= 15 is 0 Å². The molecule has 0 unspecified atom stereocenters. The van der Waals surface area contributed by atoms with E-state index in [4.69, 9.17) is 39.1 Å². The Balaban J connectivity index is 0.000000184. The second kappa shape index (κ2) is 19.8. The predicted molar refractivity (Wildman–Crippen MR) is 247 cm³/mol. The molecule has 4 aromatic heterocycles. The molecule has 0 radical (unpaired) electrons. The lowest BCUT2D eigenvalue weighted by Gasteiger charge is -2.13. The first-order chi connectivity index (χ1) is 30.9. The third-order valence-corrected chi connectivity index (χ3v) is 11.5. The molecule has 6 aromatic rings. The number of likely N-dealkylation sites (N-methyl/N-ethyl adjacent to an activating group) is 2. The number of ether oxygens (including phenoxy) is 2. The van der Waals surface area contributed by atoms with Gasteiger partial charge in [0, 0.05) is 62.2 Å². The van der Waals surface area contributed by atoms with Crippen molar-refractivity contribution in [3.8, 4) is 35.6 Å². The summed E-state index contributed by atoms with van der Waals surface area (Å²) in [6.45, 7) is 4.86. The second-order valence-corrected chi connectivity index (χ2v) is 16.6. The zero-order chi connectivity index (χ0) is 47.4. The molecule has 0 saturated carbocycles. The number of benzene rings is 2. The summed E-state index contributed by atoms with van der Waals surface area (Å²) >= 11 is 15.8. The number of carbonyl (C=O) groups excluding carboxylic acids is 4. The van der Waals surface area contributed by atoms with Gasteiger partial charge in [-0.3, -0.25) is 9.59 Å². The Morgan fingerprint density at radius 3 is 1.63 bits per heavy atom. The van der Waals surface area contributed by atoms with E-state index in [0.717, 1.165) is 15.7 Å². The molecule has 336 valence electrons. The molecule has 2 amide bonds. The lowest BCUT2D eigenvalue weighted by molar-refractivity contribution is -0.138. The molecular weight excluding hydrogens is 943 g/mol. The van der Waals surface area contributed by atoms with Crippen LogP contribution in [-0.2, 0) is 31.9 Å². The second-order valence-electron chi connectivity index (χ2n) is 14.9. The van der Waals surface area contributed by atoms with Gasteiger partial charge in [0.15, 0.2) is 11.4 Å². The number of aryl methyl sites for hydroxylation is 2. The minimum atomic E-state index is -1.68. The van der Waals surface area contributed by atoms with Crippen molar-refractivity contribution in [3.63, 3.8) is 0 Å². The number of likely N-dealkylation sites (tertiary alicyclic amines) is 2. The van der Waals surface area contributed by atoms with Crippen LogP contribution in [0.5, 0.6) is 0 Å². The Bertz CT molecular complexity index is 2970. The highest BCUT2D eigenvalue weighted by Crippen LogP contribution is 2.31. The van der Waals surface area contributed by atoms with Gasteiger partial charge in [-0.05, 0) is 49.2 Å². The summed E-state index contributed by atoms with van der Waals surface area (Å²) in [7, 11) is 5.89. The number of aromatic nitrogens is 6. The number of hydrogen-bond donors (Lipinski definition) is 2. The monoisotopic (exact) mass is 984 g/mol. The Labute approximate surface area is 392 Å². The number of fused-ring (bicyclic) bond motifs is 2. The fraction of sp³-hybridized carbons (Fsp3) is 0.304. The zero-order valence-corrected chi connectivity index (χ0v) is 39.2. The number of pyridine rings is 2. The van der Waals surface area contributed by atoms with Crippen LogP contribution in [0.3, 0.4) is 0 Å². The van der Waals surface area contributed by atoms with Crippen molar-refractivity contribution in [2.24, 2.45) is 0 Å². The molecule has 2 atom stereocenters. The molecular formula is C46H43BrCl2N8O8. The first-order valence-electron chi connectivity index (χ1n) is 20.1. The number of rotatable bonds is 6. The van der Waals surface area contributed by atoms with E-state index in [9.17, 15) is 29.4 Å². The molecule has 65 heavy (non-hydrogen) atoms. The standard InChI is InChI=1S/C23H21ClN4O4.C16H13BrClN3O2.C7H9NO2/c1-4-16-19-17(13-18(24)25-16)28(26-20(19)21(29)32-3)15-7-5-6-14(12-15)8-9-23(31)10-11-27(2)22(23)30;1-3-11-14-12(8-13(18)19-11)21(20-15(14)16(22)23-2)10-6-4-5-9(17)7-10;1-3-7(10)4-5-8(2)6(7)9/h5-7,12-13,31H,4,10-11H2,1-3H3;4-8H,3H2,1-2H3;1,10H,4-5H2,2H3/t23-;;7-/m0.0/s1. The van der Waals surface area contributed by atoms with Crippen LogP contribution in [0.1, 0.15) is 64.6 Å². The SMILES string of the molecule is C#C[C@]1(O)CCN(C)C1=O.CCc1nc(Cl)cc2c1c(C(=O)OC)nn2-c1cccc(Br)c1.CCc1nc(Cl)cc2c1c(C(=O)OC)nn2-c1cccc(C#C[C@]2(O)CCN(C)C2=O)c1. The summed E-state index contributed by atoms with van der Waals surface area (Å²) in [5, 5.41) is 30.7. The maximum atomic E-state index is 12.4. The van der Waals surface area contributed by atoms with Crippen LogP contribution in [-0.4, -0.2) is 126 Å². The van der Waals surface area contributed by atoms with Gasteiger partial charge in [-0.25, -0.2) is 28.9 Å². The average Bonchev–Trinajstić information content (AvgIpc) is 4.03. The van der Waals surface area contributed by atoms with Gasteiger partial charge < -0.3 is 29.5 Å². The molecule has 6 heterocycles.